The van der Waals surface area contributed by atoms with E-state index in [9.17, 15) is 13.2 Å². The van der Waals surface area contributed by atoms with E-state index >= 15 is 0 Å². The molecule has 0 saturated heterocycles. The zero-order chi connectivity index (χ0) is 15.2. The molecule has 0 aromatic heterocycles. The van der Waals surface area contributed by atoms with Gasteiger partial charge in [-0.15, -0.1) is 0 Å². The van der Waals surface area contributed by atoms with Crippen molar-refractivity contribution in [2.75, 3.05) is 26.8 Å². The molecule has 0 radical (unpaired) electrons. The number of nitrogens with one attached hydrogen (secondary N) is 2. The van der Waals surface area contributed by atoms with Crippen LogP contribution in [-0.2, 0) is 14.8 Å². The summed E-state index contributed by atoms with van der Waals surface area (Å²) in [5.41, 5.74) is 0. The fourth-order valence-electron chi connectivity index (χ4n) is 1.24. The van der Waals surface area contributed by atoms with Crippen molar-refractivity contribution < 1.29 is 23.1 Å². The normalized spacial score (nSPS) is 11.2. The second-order valence-corrected chi connectivity index (χ2v) is 5.85. The third-order valence-corrected chi connectivity index (χ3v) is 4.01. The fourth-order valence-corrected chi connectivity index (χ4v) is 2.59. The van der Waals surface area contributed by atoms with Crippen LogP contribution in [0.4, 0.5) is 0 Å². The van der Waals surface area contributed by atoms with E-state index in [1.54, 1.807) is 0 Å². The van der Waals surface area contributed by atoms with Gasteiger partial charge in [0.05, 0.1) is 16.5 Å². The molecule has 1 amide bonds. The maximum absolute atomic E-state index is 11.8. The number of halogens is 1. The highest BCUT2D eigenvalue weighted by Gasteiger charge is 2.15. The predicted octanol–water partition coefficient (Wildman–Crippen LogP) is -0.265. The first kappa shape index (κ1) is 16.7. The zero-order valence-corrected chi connectivity index (χ0v) is 12.3. The first-order chi connectivity index (χ1) is 9.40. The first-order valence-electron chi connectivity index (χ1n) is 5.64. The Balaban J connectivity index is 2.85. The topological polar surface area (TPSA) is 105 Å². The molecule has 1 aromatic rings. The largest absolute Gasteiger partial charge is 0.482 e. The molecule has 0 aliphatic carbocycles. The Morgan fingerprint density at radius 1 is 1.45 bits per heavy atom. The van der Waals surface area contributed by atoms with Crippen molar-refractivity contribution in [3.8, 4) is 5.75 Å². The summed E-state index contributed by atoms with van der Waals surface area (Å²) in [6, 6.07) is 3.87. The second kappa shape index (κ2) is 7.44. The molecule has 0 bridgehead atoms. The summed E-state index contributed by atoms with van der Waals surface area (Å²) in [5, 5.41) is 11.1. The smallest absolute Gasteiger partial charge is 0.257 e. The number of hydrogen-bond acceptors (Lipinski definition) is 5. The minimum atomic E-state index is -3.73. The minimum absolute atomic E-state index is 0.0526. The predicted molar refractivity (Wildman–Crippen MR) is 73.3 cm³/mol. The highest BCUT2D eigenvalue weighted by atomic mass is 35.5. The number of carbonyl (C=O) groups is 1. The molecule has 7 nitrogen and oxygen atoms in total. The summed E-state index contributed by atoms with van der Waals surface area (Å²) in [5.74, 6) is -0.126. The van der Waals surface area contributed by atoms with Crippen molar-refractivity contribution in [2.24, 2.45) is 0 Å². The van der Waals surface area contributed by atoms with E-state index in [1.165, 1.54) is 25.2 Å². The number of carbonyl (C=O) groups excluding carboxylic acids is 1. The lowest BCUT2D eigenvalue weighted by Gasteiger charge is -2.10. The second-order valence-electron chi connectivity index (χ2n) is 3.68. The summed E-state index contributed by atoms with van der Waals surface area (Å²) < 4.78 is 30.9. The average Bonchev–Trinajstić information content (AvgIpc) is 2.43. The van der Waals surface area contributed by atoms with Gasteiger partial charge in [0.1, 0.15) is 5.75 Å². The van der Waals surface area contributed by atoms with Gasteiger partial charge in [0.2, 0.25) is 10.0 Å². The monoisotopic (exact) mass is 322 g/mol. The van der Waals surface area contributed by atoms with E-state index in [2.05, 4.69) is 10.0 Å². The van der Waals surface area contributed by atoms with Crippen molar-refractivity contribution in [3.63, 3.8) is 0 Å². The van der Waals surface area contributed by atoms with Gasteiger partial charge in [-0.2, -0.15) is 0 Å². The van der Waals surface area contributed by atoms with Gasteiger partial charge in [-0.1, -0.05) is 11.6 Å². The SMILES string of the molecule is CNC(=O)COc1ccc(S(=O)(=O)NCCO)cc1Cl. The maximum atomic E-state index is 11.8. The van der Waals surface area contributed by atoms with Gasteiger partial charge in [-0.25, -0.2) is 13.1 Å². The van der Waals surface area contributed by atoms with Gasteiger partial charge in [-0.05, 0) is 18.2 Å². The van der Waals surface area contributed by atoms with E-state index in [0.29, 0.717) is 0 Å². The molecular formula is C11H15ClN2O5S. The molecule has 0 unspecified atom stereocenters. The summed E-state index contributed by atoms with van der Waals surface area (Å²) in [7, 11) is -2.26. The number of aliphatic hydroxyl groups is 1. The highest BCUT2D eigenvalue weighted by molar-refractivity contribution is 7.89. The number of rotatable bonds is 7. The molecule has 0 fully saturated rings. The molecule has 0 aliphatic heterocycles. The van der Waals surface area contributed by atoms with Gasteiger partial charge in [0.15, 0.2) is 6.61 Å². The molecule has 1 rings (SSSR count). The molecule has 0 atom stereocenters. The van der Waals surface area contributed by atoms with Crippen LogP contribution in [0.25, 0.3) is 0 Å². The van der Waals surface area contributed by atoms with Crippen molar-refractivity contribution in [3.05, 3.63) is 23.2 Å². The number of ether oxygens (including phenoxy) is 1. The first-order valence-corrected chi connectivity index (χ1v) is 7.50. The van der Waals surface area contributed by atoms with E-state index in [1.807, 2.05) is 0 Å². The summed E-state index contributed by atoms with van der Waals surface area (Å²) >= 11 is 5.90. The molecule has 1 aromatic carbocycles. The van der Waals surface area contributed by atoms with Crippen LogP contribution >= 0.6 is 11.6 Å². The highest BCUT2D eigenvalue weighted by Crippen LogP contribution is 2.27. The van der Waals surface area contributed by atoms with Crippen LogP contribution in [0.1, 0.15) is 0 Å². The standard InChI is InChI=1S/C11H15ClN2O5S/c1-13-11(16)7-19-10-3-2-8(6-9(10)12)20(17,18)14-4-5-15/h2-3,6,14-15H,4-5,7H2,1H3,(H,13,16). The van der Waals surface area contributed by atoms with Crippen molar-refractivity contribution in [1.29, 1.82) is 0 Å². The number of benzene rings is 1. The molecule has 0 aliphatic rings. The number of likely N-dealkylation sites (N-methyl/N-ethyl adjacent to an activating group) is 1. The molecule has 0 spiro atoms. The van der Waals surface area contributed by atoms with Crippen LogP contribution in [0.15, 0.2) is 23.1 Å². The molecular weight excluding hydrogens is 308 g/mol. The lowest BCUT2D eigenvalue weighted by Crippen LogP contribution is -2.26. The summed E-state index contributed by atoms with van der Waals surface area (Å²) in [4.78, 5) is 11.0. The molecule has 9 heteroatoms. The van der Waals surface area contributed by atoms with E-state index in [0.717, 1.165) is 0 Å². The Bertz CT molecular complexity index is 576. The quantitative estimate of drug-likeness (QED) is 0.641. The van der Waals surface area contributed by atoms with Gasteiger partial charge in [0.25, 0.3) is 5.91 Å². The molecule has 0 saturated carbocycles. The Kier molecular flexibility index (Phi) is 6.21. The van der Waals surface area contributed by atoms with Crippen LogP contribution in [0.2, 0.25) is 5.02 Å². The van der Waals surface area contributed by atoms with Crippen LogP contribution < -0.4 is 14.8 Å². The van der Waals surface area contributed by atoms with Crippen LogP contribution in [0, 0.1) is 0 Å². The minimum Gasteiger partial charge on any atom is -0.482 e. The van der Waals surface area contributed by atoms with Gasteiger partial charge in [0, 0.05) is 13.6 Å². The molecule has 20 heavy (non-hydrogen) atoms. The van der Waals surface area contributed by atoms with Gasteiger partial charge < -0.3 is 15.2 Å². The van der Waals surface area contributed by atoms with Crippen molar-refractivity contribution >= 4 is 27.5 Å². The van der Waals surface area contributed by atoms with Gasteiger partial charge >= 0.3 is 0 Å². The van der Waals surface area contributed by atoms with E-state index < -0.39 is 10.0 Å². The van der Waals surface area contributed by atoms with Crippen LogP contribution in [-0.4, -0.2) is 46.2 Å². The average molecular weight is 323 g/mol. The lowest BCUT2D eigenvalue weighted by atomic mass is 10.3. The maximum Gasteiger partial charge on any atom is 0.257 e. The Morgan fingerprint density at radius 2 is 2.15 bits per heavy atom. The van der Waals surface area contributed by atoms with E-state index in [4.69, 9.17) is 21.4 Å². The summed E-state index contributed by atoms with van der Waals surface area (Å²) in [6.07, 6.45) is 0. The third-order valence-electron chi connectivity index (χ3n) is 2.26. The number of hydrogen-bond donors (Lipinski definition) is 3. The zero-order valence-electron chi connectivity index (χ0n) is 10.7. The number of amides is 1. The molecule has 112 valence electrons. The lowest BCUT2D eigenvalue weighted by molar-refractivity contribution is -0.122. The molecule has 3 N–H and O–H groups in total. The van der Waals surface area contributed by atoms with E-state index in [-0.39, 0.29) is 41.3 Å². The Morgan fingerprint density at radius 3 is 2.70 bits per heavy atom. The number of sulfonamides is 1. The van der Waals surface area contributed by atoms with Crippen LogP contribution in [0.3, 0.4) is 0 Å². The summed E-state index contributed by atoms with van der Waals surface area (Å²) in [6.45, 7) is -0.611. The van der Waals surface area contributed by atoms with Crippen LogP contribution in [0.5, 0.6) is 5.75 Å². The Labute approximate surface area is 121 Å². The van der Waals surface area contributed by atoms with Gasteiger partial charge in [-0.3, -0.25) is 4.79 Å². The third kappa shape index (κ3) is 4.64. The Hall–Kier alpha value is -1.35. The molecule has 0 heterocycles. The number of aliphatic hydroxyl groups excluding tert-OH is 1. The fraction of sp³-hybridized carbons (Fsp3) is 0.364. The van der Waals surface area contributed by atoms with Crippen molar-refractivity contribution in [2.45, 2.75) is 4.90 Å². The van der Waals surface area contributed by atoms with Crippen molar-refractivity contribution in [1.82, 2.24) is 10.0 Å².